The molecule has 5 unspecified atom stereocenters. The lowest BCUT2D eigenvalue weighted by atomic mass is 9.52. The summed E-state index contributed by atoms with van der Waals surface area (Å²) < 4.78 is 4.99. The molecule has 180 valence electrons. The molecule has 0 bridgehead atoms. The van der Waals surface area contributed by atoms with E-state index in [2.05, 4.69) is 26.0 Å². The van der Waals surface area contributed by atoms with Gasteiger partial charge in [0.25, 0.3) is 0 Å². The van der Waals surface area contributed by atoms with Gasteiger partial charge in [-0.25, -0.2) is 0 Å². The highest BCUT2D eigenvalue weighted by atomic mass is 16.5. The average Bonchev–Trinajstić information content (AvgIpc) is 3.17. The first kappa shape index (κ1) is 24.2. The molecule has 0 aliphatic heterocycles. The molecule has 3 saturated carbocycles. The predicted molar refractivity (Wildman–Crippen MR) is 129 cm³/mol. The molecule has 0 aromatic rings. The minimum atomic E-state index is -0.396. The lowest BCUT2D eigenvalue weighted by molar-refractivity contribution is -0.148. The zero-order valence-corrected chi connectivity index (χ0v) is 20.7. The summed E-state index contributed by atoms with van der Waals surface area (Å²) in [7, 11) is 0. The third-order valence-electron chi connectivity index (χ3n) is 9.25. The van der Waals surface area contributed by atoms with Crippen LogP contribution in [0, 0.1) is 28.6 Å². The third-order valence-corrected chi connectivity index (χ3v) is 9.25. The summed E-state index contributed by atoms with van der Waals surface area (Å²) in [5, 5.41) is 0. The van der Waals surface area contributed by atoms with Crippen LogP contribution in [0.1, 0.15) is 91.4 Å². The van der Waals surface area contributed by atoms with Crippen molar-refractivity contribution in [3.63, 3.8) is 0 Å². The van der Waals surface area contributed by atoms with E-state index in [-0.39, 0.29) is 34.9 Å². The Bertz CT molecular complexity index is 878. The summed E-state index contributed by atoms with van der Waals surface area (Å²) in [6.45, 7) is 5.74. The molecule has 0 N–H and O–H groups in total. The number of hydrogen-bond donors (Lipinski definition) is 0. The quantitative estimate of drug-likeness (QED) is 0.372. The standard InChI is InChI=1S/C23H28O4.C6H12/c1-14(24)27-13-21(26)20-7-6-18-17-5-4-15-12-16(25)8-10-22(15,2)19(17)9-11-23(18,20)3;1-2-4-6-5-3-1/h8-10,12,17-18,20H,4-7,11,13H2,1-3H3;1-6H2. The van der Waals surface area contributed by atoms with Gasteiger partial charge in [-0.2, -0.15) is 0 Å². The van der Waals surface area contributed by atoms with E-state index >= 15 is 0 Å². The van der Waals surface area contributed by atoms with E-state index in [4.69, 9.17) is 4.74 Å². The fraction of sp³-hybridized carbons (Fsp3) is 0.690. The number of Topliss-reactive ketones (excluding diaryl/α,β-unsaturated/α-hetero) is 1. The van der Waals surface area contributed by atoms with E-state index in [1.165, 1.54) is 56.6 Å². The number of ether oxygens (including phenoxy) is 1. The van der Waals surface area contributed by atoms with Gasteiger partial charge in [0.1, 0.15) is 6.61 Å². The molecule has 5 aliphatic rings. The SMILES string of the molecule is C1CCCCC1.CC(=O)OCC(=O)C1CCC2C3CCC4=CC(=O)C=CC4(C)C3=CCC12C. The molecule has 33 heavy (non-hydrogen) atoms. The first-order chi connectivity index (χ1) is 15.8. The highest BCUT2D eigenvalue weighted by molar-refractivity contribution is 6.01. The minimum Gasteiger partial charge on any atom is -0.458 e. The van der Waals surface area contributed by atoms with Crippen molar-refractivity contribution in [2.75, 3.05) is 6.61 Å². The molecule has 5 atom stereocenters. The van der Waals surface area contributed by atoms with Gasteiger partial charge in [0.15, 0.2) is 11.6 Å². The number of esters is 1. The summed E-state index contributed by atoms with van der Waals surface area (Å²) in [4.78, 5) is 35.7. The Kier molecular flexibility index (Phi) is 7.12. The monoisotopic (exact) mass is 452 g/mol. The van der Waals surface area contributed by atoms with Crippen LogP contribution in [0.4, 0.5) is 0 Å². The van der Waals surface area contributed by atoms with Crippen LogP contribution in [0.5, 0.6) is 0 Å². The van der Waals surface area contributed by atoms with Crippen molar-refractivity contribution in [1.82, 2.24) is 0 Å². The normalized spacial score (nSPS) is 36.8. The summed E-state index contributed by atoms with van der Waals surface area (Å²) in [5.74, 6) is 0.681. The van der Waals surface area contributed by atoms with E-state index in [1.807, 2.05) is 6.08 Å². The van der Waals surface area contributed by atoms with Gasteiger partial charge >= 0.3 is 5.97 Å². The number of fused-ring (bicyclic) bond motifs is 5. The van der Waals surface area contributed by atoms with Gasteiger partial charge in [-0.1, -0.05) is 68.7 Å². The Labute approximate surface area is 198 Å². The van der Waals surface area contributed by atoms with Crippen molar-refractivity contribution in [3.05, 3.63) is 35.5 Å². The first-order valence-corrected chi connectivity index (χ1v) is 13.1. The molecule has 4 heteroatoms. The summed E-state index contributed by atoms with van der Waals surface area (Å²) >= 11 is 0. The molecule has 0 amide bonds. The molecular formula is C29H40O4. The highest BCUT2D eigenvalue weighted by Crippen LogP contribution is 2.63. The van der Waals surface area contributed by atoms with Gasteiger partial charge in [0, 0.05) is 18.3 Å². The fourth-order valence-electron chi connectivity index (χ4n) is 7.38. The molecule has 0 aromatic heterocycles. The lowest BCUT2D eigenvalue weighted by Gasteiger charge is -2.52. The Morgan fingerprint density at radius 3 is 2.33 bits per heavy atom. The fourth-order valence-corrected chi connectivity index (χ4v) is 7.38. The molecule has 0 spiro atoms. The smallest absolute Gasteiger partial charge is 0.303 e. The Morgan fingerprint density at radius 1 is 1.03 bits per heavy atom. The molecule has 0 radical (unpaired) electrons. The zero-order chi connectivity index (χ0) is 23.6. The number of allylic oxidation sites excluding steroid dienone is 6. The predicted octanol–water partition coefficient (Wildman–Crippen LogP) is 6.30. The zero-order valence-electron chi connectivity index (χ0n) is 20.7. The van der Waals surface area contributed by atoms with Gasteiger partial charge in [-0.3, -0.25) is 14.4 Å². The van der Waals surface area contributed by atoms with Gasteiger partial charge in [0.05, 0.1) is 0 Å². The number of hydrogen-bond acceptors (Lipinski definition) is 4. The second kappa shape index (κ2) is 9.72. The van der Waals surface area contributed by atoms with Crippen LogP contribution in [0.15, 0.2) is 35.5 Å². The van der Waals surface area contributed by atoms with Crippen LogP contribution >= 0.6 is 0 Å². The third kappa shape index (κ3) is 4.68. The van der Waals surface area contributed by atoms with E-state index < -0.39 is 5.97 Å². The van der Waals surface area contributed by atoms with Crippen molar-refractivity contribution in [1.29, 1.82) is 0 Å². The van der Waals surface area contributed by atoms with Crippen molar-refractivity contribution in [3.8, 4) is 0 Å². The largest absolute Gasteiger partial charge is 0.458 e. The van der Waals surface area contributed by atoms with Crippen molar-refractivity contribution < 1.29 is 19.1 Å². The van der Waals surface area contributed by atoms with E-state index in [0.717, 1.165) is 32.1 Å². The van der Waals surface area contributed by atoms with Gasteiger partial charge in [-0.05, 0) is 68.4 Å². The first-order valence-electron chi connectivity index (χ1n) is 13.1. The highest BCUT2D eigenvalue weighted by Gasteiger charge is 2.56. The number of carbonyl (C=O) groups excluding carboxylic acids is 3. The van der Waals surface area contributed by atoms with Crippen LogP contribution in [0.2, 0.25) is 0 Å². The maximum atomic E-state index is 12.7. The Morgan fingerprint density at radius 2 is 1.70 bits per heavy atom. The molecule has 5 aliphatic carbocycles. The second-order valence-electron chi connectivity index (χ2n) is 11.2. The van der Waals surface area contributed by atoms with Gasteiger partial charge in [-0.15, -0.1) is 0 Å². The topological polar surface area (TPSA) is 60.4 Å². The summed E-state index contributed by atoms with van der Waals surface area (Å²) in [6, 6.07) is 0. The van der Waals surface area contributed by atoms with Crippen LogP contribution in [-0.2, 0) is 19.1 Å². The van der Waals surface area contributed by atoms with E-state index in [0.29, 0.717) is 11.8 Å². The second-order valence-corrected chi connectivity index (χ2v) is 11.2. The maximum absolute atomic E-state index is 12.7. The van der Waals surface area contributed by atoms with Gasteiger partial charge < -0.3 is 4.74 Å². The van der Waals surface area contributed by atoms with Gasteiger partial charge in [0.2, 0.25) is 0 Å². The van der Waals surface area contributed by atoms with Crippen molar-refractivity contribution in [2.45, 2.75) is 91.4 Å². The minimum absolute atomic E-state index is 0.0344. The molecule has 4 nitrogen and oxygen atoms in total. The molecular weight excluding hydrogens is 412 g/mol. The van der Waals surface area contributed by atoms with Crippen molar-refractivity contribution >= 4 is 17.5 Å². The summed E-state index contributed by atoms with van der Waals surface area (Å²) in [5.41, 5.74) is 2.48. The van der Waals surface area contributed by atoms with Crippen molar-refractivity contribution in [2.24, 2.45) is 28.6 Å². The average molecular weight is 453 g/mol. The van der Waals surface area contributed by atoms with Crippen LogP contribution in [-0.4, -0.2) is 24.1 Å². The molecule has 5 rings (SSSR count). The van der Waals surface area contributed by atoms with E-state index in [1.54, 1.807) is 6.08 Å². The molecule has 0 saturated heterocycles. The molecule has 0 heterocycles. The Hall–Kier alpha value is -1.97. The maximum Gasteiger partial charge on any atom is 0.303 e. The lowest BCUT2D eigenvalue weighted by Crippen LogP contribution is -2.45. The number of ketones is 2. The van der Waals surface area contributed by atoms with Crippen LogP contribution in [0.25, 0.3) is 0 Å². The number of carbonyl (C=O) groups is 3. The van der Waals surface area contributed by atoms with Crippen LogP contribution < -0.4 is 0 Å². The Balaban J connectivity index is 0.000000376. The summed E-state index contributed by atoms with van der Waals surface area (Å²) in [6.07, 6.45) is 21.8. The number of rotatable bonds is 3. The molecule has 0 aromatic carbocycles. The van der Waals surface area contributed by atoms with E-state index in [9.17, 15) is 14.4 Å². The van der Waals surface area contributed by atoms with Crippen LogP contribution in [0.3, 0.4) is 0 Å². The molecule has 3 fully saturated rings.